The number of fused-ring (bicyclic) bond motifs is 1. The number of aryl methyl sites for hydroxylation is 2. The molecule has 3 aromatic rings. The van der Waals surface area contributed by atoms with E-state index < -0.39 is 23.2 Å². The third-order valence-electron chi connectivity index (χ3n) is 4.64. The second kappa shape index (κ2) is 7.75. The zero-order valence-corrected chi connectivity index (χ0v) is 16.6. The van der Waals surface area contributed by atoms with E-state index in [-0.39, 0.29) is 24.3 Å². The quantitative estimate of drug-likeness (QED) is 0.614. The lowest BCUT2D eigenvalue weighted by Gasteiger charge is -2.26. The average Bonchev–Trinajstić information content (AvgIpc) is 2.94. The van der Waals surface area contributed by atoms with Gasteiger partial charge in [-0.3, -0.25) is 4.68 Å². The van der Waals surface area contributed by atoms with Crippen LogP contribution in [0.3, 0.4) is 0 Å². The monoisotopic (exact) mass is 404 g/mol. The van der Waals surface area contributed by atoms with E-state index >= 15 is 0 Å². The highest BCUT2D eigenvalue weighted by molar-refractivity contribution is 6.05. The number of hydrogen-bond acceptors (Lipinski definition) is 6. The number of nitrogens with zero attached hydrogens (tertiary/aromatic N) is 3. The predicted octanol–water partition coefficient (Wildman–Crippen LogP) is 3.05. The van der Waals surface area contributed by atoms with Crippen LogP contribution in [0.4, 0.5) is 14.5 Å². The van der Waals surface area contributed by atoms with Crippen LogP contribution in [0.25, 0.3) is 11.0 Å². The van der Waals surface area contributed by atoms with Gasteiger partial charge >= 0.3 is 5.97 Å². The number of esters is 1. The van der Waals surface area contributed by atoms with Gasteiger partial charge < -0.3 is 15.2 Å². The first-order valence-electron chi connectivity index (χ1n) is 9.07. The number of aromatic nitrogens is 3. The Hall–Kier alpha value is -3.07. The van der Waals surface area contributed by atoms with Crippen molar-refractivity contribution >= 4 is 22.7 Å². The lowest BCUT2D eigenvalue weighted by atomic mass is 9.95. The van der Waals surface area contributed by atoms with E-state index in [1.165, 1.54) is 19.2 Å². The number of carbonyl (C=O) groups is 1. The Bertz CT molecular complexity index is 1080. The van der Waals surface area contributed by atoms with Crippen molar-refractivity contribution in [3.8, 4) is 0 Å². The Balaban J connectivity index is 2.03. The molecule has 0 aliphatic heterocycles. The van der Waals surface area contributed by atoms with Crippen LogP contribution in [-0.4, -0.2) is 39.0 Å². The Kier molecular flexibility index (Phi) is 5.52. The Morgan fingerprint density at radius 1 is 1.38 bits per heavy atom. The first-order valence-corrected chi connectivity index (χ1v) is 9.07. The molecule has 0 amide bonds. The van der Waals surface area contributed by atoms with Gasteiger partial charge in [0.15, 0.2) is 5.65 Å². The molecule has 3 rings (SSSR count). The number of nitrogens with one attached hydrogen (secondary N) is 1. The standard InChI is InChI=1S/C20H22F2N4O3/c1-5-29-19(27)13-9-23-18-16(11(2)25-26(18)4)17(13)24-10-20(3,28)14-7-6-12(21)8-15(14)22/h6-9,28H,5,10H2,1-4H3,(H,23,24). The lowest BCUT2D eigenvalue weighted by molar-refractivity contribution is 0.0524. The van der Waals surface area contributed by atoms with Gasteiger partial charge in [-0.2, -0.15) is 5.10 Å². The van der Waals surface area contributed by atoms with Crippen molar-refractivity contribution < 1.29 is 23.4 Å². The van der Waals surface area contributed by atoms with E-state index in [2.05, 4.69) is 15.4 Å². The molecule has 154 valence electrons. The fourth-order valence-electron chi connectivity index (χ4n) is 3.24. The first kappa shape index (κ1) is 20.7. The minimum absolute atomic E-state index is 0.0720. The molecule has 2 heterocycles. The summed E-state index contributed by atoms with van der Waals surface area (Å²) >= 11 is 0. The highest BCUT2D eigenvalue weighted by atomic mass is 19.1. The first-order chi connectivity index (χ1) is 13.7. The van der Waals surface area contributed by atoms with E-state index in [0.717, 1.165) is 6.07 Å². The molecule has 0 radical (unpaired) electrons. The number of benzene rings is 1. The molecule has 29 heavy (non-hydrogen) atoms. The normalized spacial score (nSPS) is 13.3. The van der Waals surface area contributed by atoms with Gasteiger partial charge in [0.05, 0.1) is 23.4 Å². The van der Waals surface area contributed by atoms with Gasteiger partial charge in [-0.05, 0) is 26.8 Å². The fraction of sp³-hybridized carbons (Fsp3) is 0.350. The smallest absolute Gasteiger partial charge is 0.341 e. The van der Waals surface area contributed by atoms with E-state index in [9.17, 15) is 18.7 Å². The van der Waals surface area contributed by atoms with E-state index in [1.54, 1.807) is 25.6 Å². The van der Waals surface area contributed by atoms with Gasteiger partial charge in [0, 0.05) is 31.4 Å². The maximum atomic E-state index is 14.2. The van der Waals surface area contributed by atoms with Crippen LogP contribution < -0.4 is 5.32 Å². The molecule has 0 aliphatic rings. The molecule has 0 aliphatic carbocycles. The van der Waals surface area contributed by atoms with Gasteiger partial charge in [0.1, 0.15) is 22.8 Å². The molecule has 2 N–H and O–H groups in total. The fourth-order valence-corrected chi connectivity index (χ4v) is 3.24. The molecule has 0 saturated carbocycles. The van der Waals surface area contributed by atoms with Crippen molar-refractivity contribution in [3.63, 3.8) is 0 Å². The molecule has 1 atom stereocenters. The summed E-state index contributed by atoms with van der Waals surface area (Å²) in [5, 5.41) is 18.8. The summed E-state index contributed by atoms with van der Waals surface area (Å²) in [6.07, 6.45) is 1.37. The lowest BCUT2D eigenvalue weighted by Crippen LogP contribution is -2.32. The maximum Gasteiger partial charge on any atom is 0.341 e. The zero-order valence-electron chi connectivity index (χ0n) is 16.6. The number of halogens is 2. The van der Waals surface area contributed by atoms with Crippen LogP contribution in [0.2, 0.25) is 0 Å². The van der Waals surface area contributed by atoms with Crippen LogP contribution in [-0.2, 0) is 17.4 Å². The van der Waals surface area contributed by atoms with Gasteiger partial charge in [-0.1, -0.05) is 6.07 Å². The number of aliphatic hydroxyl groups is 1. The zero-order chi connectivity index (χ0) is 21.3. The molecule has 0 fully saturated rings. The minimum Gasteiger partial charge on any atom is -0.462 e. The SMILES string of the molecule is CCOC(=O)c1cnc2c(c(C)nn2C)c1NCC(C)(O)c1ccc(F)cc1F. The molecule has 0 spiro atoms. The van der Waals surface area contributed by atoms with Gasteiger partial charge in [0.2, 0.25) is 0 Å². The number of rotatable bonds is 6. The van der Waals surface area contributed by atoms with Gasteiger partial charge in [-0.15, -0.1) is 0 Å². The summed E-state index contributed by atoms with van der Waals surface area (Å²) in [5.41, 5.74) is -0.0537. The van der Waals surface area contributed by atoms with Gasteiger partial charge in [0.25, 0.3) is 0 Å². The molecule has 0 saturated heterocycles. The number of ether oxygens (including phenoxy) is 1. The molecule has 0 bridgehead atoms. The number of hydrogen-bond donors (Lipinski definition) is 2. The van der Waals surface area contributed by atoms with Crippen molar-refractivity contribution in [1.82, 2.24) is 14.8 Å². The average molecular weight is 404 g/mol. The molecule has 2 aromatic heterocycles. The highest BCUT2D eigenvalue weighted by Crippen LogP contribution is 2.31. The molecular formula is C20H22F2N4O3. The van der Waals surface area contributed by atoms with Crippen LogP contribution in [0, 0.1) is 18.6 Å². The highest BCUT2D eigenvalue weighted by Gasteiger charge is 2.29. The summed E-state index contributed by atoms with van der Waals surface area (Å²) in [4.78, 5) is 16.7. The van der Waals surface area contributed by atoms with Crippen molar-refractivity contribution in [1.29, 1.82) is 0 Å². The van der Waals surface area contributed by atoms with Crippen molar-refractivity contribution in [2.24, 2.45) is 7.05 Å². The Morgan fingerprint density at radius 2 is 2.10 bits per heavy atom. The summed E-state index contributed by atoms with van der Waals surface area (Å²) in [7, 11) is 1.72. The van der Waals surface area contributed by atoms with E-state index in [0.29, 0.717) is 28.5 Å². The molecular weight excluding hydrogens is 382 g/mol. The van der Waals surface area contributed by atoms with Crippen molar-refractivity contribution in [2.75, 3.05) is 18.5 Å². The van der Waals surface area contributed by atoms with Crippen molar-refractivity contribution in [3.05, 3.63) is 52.9 Å². The van der Waals surface area contributed by atoms with E-state index in [1.807, 2.05) is 0 Å². The van der Waals surface area contributed by atoms with Crippen LogP contribution >= 0.6 is 0 Å². The summed E-state index contributed by atoms with van der Waals surface area (Å²) in [6.45, 7) is 4.88. The number of carbonyl (C=O) groups excluding carboxylic acids is 1. The second-order valence-electron chi connectivity index (χ2n) is 6.93. The van der Waals surface area contributed by atoms with Crippen molar-refractivity contribution in [2.45, 2.75) is 26.4 Å². The minimum atomic E-state index is -1.69. The van der Waals surface area contributed by atoms with Gasteiger partial charge in [-0.25, -0.2) is 18.6 Å². The third-order valence-corrected chi connectivity index (χ3v) is 4.64. The van der Waals surface area contributed by atoms with E-state index in [4.69, 9.17) is 4.74 Å². The second-order valence-corrected chi connectivity index (χ2v) is 6.93. The molecule has 9 heteroatoms. The molecule has 7 nitrogen and oxygen atoms in total. The number of anilines is 1. The van der Waals surface area contributed by atoms with Crippen LogP contribution in [0.1, 0.15) is 35.5 Å². The summed E-state index contributed by atoms with van der Waals surface area (Å²) < 4.78 is 34.1. The predicted molar refractivity (Wildman–Crippen MR) is 104 cm³/mol. The Morgan fingerprint density at radius 3 is 2.76 bits per heavy atom. The van der Waals surface area contributed by atoms with Crippen LogP contribution in [0.5, 0.6) is 0 Å². The number of pyridine rings is 1. The summed E-state index contributed by atoms with van der Waals surface area (Å²) in [5.74, 6) is -2.18. The Labute approximate surface area is 166 Å². The van der Waals surface area contributed by atoms with Crippen LogP contribution in [0.15, 0.2) is 24.4 Å². The topological polar surface area (TPSA) is 89.3 Å². The third kappa shape index (κ3) is 3.91. The largest absolute Gasteiger partial charge is 0.462 e. The summed E-state index contributed by atoms with van der Waals surface area (Å²) in [6, 6.07) is 2.98. The molecule has 1 aromatic carbocycles. The molecule has 1 unspecified atom stereocenters. The maximum absolute atomic E-state index is 14.2.